The molecule has 3 atom stereocenters. The van der Waals surface area contributed by atoms with E-state index in [4.69, 9.17) is 4.74 Å². The predicted octanol–water partition coefficient (Wildman–Crippen LogP) is 6.05. The third-order valence-corrected chi connectivity index (χ3v) is 5.15. The van der Waals surface area contributed by atoms with Gasteiger partial charge in [-0.2, -0.15) is 0 Å². The standard InChI is InChI=1S/C22H47NO2/c1-5-7-8-9-10-11-12-13-14-15-18-23-22(21(4)24)25-19-16-17-20(3)6-2/h20-24H,5-19H2,1-4H3. The van der Waals surface area contributed by atoms with Gasteiger partial charge in [-0.1, -0.05) is 85.0 Å². The highest BCUT2D eigenvalue weighted by Gasteiger charge is 2.14. The van der Waals surface area contributed by atoms with E-state index in [0.29, 0.717) is 0 Å². The van der Waals surface area contributed by atoms with Gasteiger partial charge in [0.25, 0.3) is 0 Å². The van der Waals surface area contributed by atoms with Crippen LogP contribution in [0.3, 0.4) is 0 Å². The van der Waals surface area contributed by atoms with Crippen LogP contribution in [0.15, 0.2) is 0 Å². The minimum atomic E-state index is -0.452. The van der Waals surface area contributed by atoms with E-state index in [2.05, 4.69) is 26.1 Å². The third kappa shape index (κ3) is 17.1. The van der Waals surface area contributed by atoms with Crippen LogP contribution < -0.4 is 5.32 Å². The molecule has 152 valence electrons. The second kappa shape index (κ2) is 18.7. The summed E-state index contributed by atoms with van der Waals surface area (Å²) in [5.74, 6) is 0.771. The molecule has 0 heterocycles. The van der Waals surface area contributed by atoms with Crippen LogP contribution in [0.25, 0.3) is 0 Å². The molecule has 0 rings (SSSR count). The van der Waals surface area contributed by atoms with Gasteiger partial charge in [0.2, 0.25) is 0 Å². The van der Waals surface area contributed by atoms with Crippen LogP contribution in [0.5, 0.6) is 0 Å². The summed E-state index contributed by atoms with van der Waals surface area (Å²) in [7, 11) is 0. The summed E-state index contributed by atoms with van der Waals surface area (Å²) in [6, 6.07) is 0. The largest absolute Gasteiger partial charge is 0.389 e. The van der Waals surface area contributed by atoms with E-state index in [1.165, 1.54) is 77.0 Å². The Morgan fingerprint density at radius 3 is 1.88 bits per heavy atom. The number of hydrogen-bond acceptors (Lipinski definition) is 3. The molecule has 0 aromatic carbocycles. The molecule has 0 amide bonds. The smallest absolute Gasteiger partial charge is 0.134 e. The van der Waals surface area contributed by atoms with Gasteiger partial charge >= 0.3 is 0 Å². The van der Waals surface area contributed by atoms with Gasteiger partial charge in [-0.05, 0) is 38.6 Å². The molecular weight excluding hydrogens is 310 g/mol. The van der Waals surface area contributed by atoms with Crippen molar-refractivity contribution in [3.63, 3.8) is 0 Å². The number of aliphatic hydroxyl groups is 1. The first-order valence-corrected chi connectivity index (χ1v) is 11.1. The average Bonchev–Trinajstić information content (AvgIpc) is 2.60. The highest BCUT2D eigenvalue weighted by Crippen LogP contribution is 2.11. The van der Waals surface area contributed by atoms with Crippen LogP contribution in [0.2, 0.25) is 0 Å². The Labute approximate surface area is 158 Å². The molecule has 3 heteroatoms. The lowest BCUT2D eigenvalue weighted by molar-refractivity contribution is -0.0499. The molecule has 25 heavy (non-hydrogen) atoms. The Bertz CT molecular complexity index is 258. The highest BCUT2D eigenvalue weighted by atomic mass is 16.5. The van der Waals surface area contributed by atoms with Crippen molar-refractivity contribution in [1.82, 2.24) is 5.32 Å². The Hall–Kier alpha value is -0.120. The Kier molecular flexibility index (Phi) is 18.6. The summed E-state index contributed by atoms with van der Waals surface area (Å²) in [4.78, 5) is 0. The van der Waals surface area contributed by atoms with Gasteiger partial charge < -0.3 is 9.84 Å². The minimum absolute atomic E-state index is 0.213. The molecule has 0 bridgehead atoms. The molecule has 0 aliphatic rings. The molecule has 0 fully saturated rings. The zero-order valence-electron chi connectivity index (χ0n) is 17.7. The Balaban J connectivity index is 3.48. The van der Waals surface area contributed by atoms with Gasteiger partial charge in [0, 0.05) is 6.61 Å². The van der Waals surface area contributed by atoms with E-state index >= 15 is 0 Å². The first kappa shape index (κ1) is 24.9. The van der Waals surface area contributed by atoms with Crippen molar-refractivity contribution in [2.24, 2.45) is 5.92 Å². The van der Waals surface area contributed by atoms with Gasteiger partial charge in [0.15, 0.2) is 0 Å². The molecule has 0 spiro atoms. The van der Waals surface area contributed by atoms with Crippen molar-refractivity contribution in [3.8, 4) is 0 Å². The SMILES string of the molecule is CCCCCCCCCCCCNC(OCCCC(C)CC)C(C)O. The fraction of sp³-hybridized carbons (Fsp3) is 1.00. The third-order valence-electron chi connectivity index (χ3n) is 5.15. The fourth-order valence-electron chi connectivity index (χ4n) is 3.07. The molecule has 0 saturated carbocycles. The fourth-order valence-corrected chi connectivity index (χ4v) is 3.07. The molecule has 0 saturated heterocycles. The van der Waals surface area contributed by atoms with Crippen molar-refractivity contribution in [2.45, 2.75) is 123 Å². The van der Waals surface area contributed by atoms with Crippen molar-refractivity contribution >= 4 is 0 Å². The van der Waals surface area contributed by atoms with E-state index in [1.54, 1.807) is 0 Å². The zero-order valence-corrected chi connectivity index (χ0v) is 17.7. The van der Waals surface area contributed by atoms with Crippen LogP contribution in [-0.4, -0.2) is 30.6 Å². The number of rotatable bonds is 19. The van der Waals surface area contributed by atoms with E-state index in [-0.39, 0.29) is 6.23 Å². The van der Waals surface area contributed by atoms with E-state index in [9.17, 15) is 5.11 Å². The van der Waals surface area contributed by atoms with Crippen molar-refractivity contribution in [2.75, 3.05) is 13.2 Å². The lowest BCUT2D eigenvalue weighted by Gasteiger charge is -2.22. The maximum atomic E-state index is 9.84. The van der Waals surface area contributed by atoms with E-state index in [0.717, 1.165) is 25.5 Å². The van der Waals surface area contributed by atoms with Gasteiger partial charge in [-0.3, -0.25) is 5.32 Å². The molecular formula is C22H47NO2. The number of ether oxygens (including phenoxy) is 1. The van der Waals surface area contributed by atoms with Crippen molar-refractivity contribution in [3.05, 3.63) is 0 Å². The van der Waals surface area contributed by atoms with E-state index in [1.807, 2.05) is 6.92 Å². The molecule has 0 aromatic heterocycles. The summed E-state index contributed by atoms with van der Waals surface area (Å²) in [6.45, 7) is 10.3. The molecule has 3 unspecified atom stereocenters. The van der Waals surface area contributed by atoms with E-state index < -0.39 is 6.10 Å². The van der Waals surface area contributed by atoms with Crippen molar-refractivity contribution < 1.29 is 9.84 Å². The van der Waals surface area contributed by atoms with Crippen LogP contribution in [0, 0.1) is 5.92 Å². The molecule has 0 aliphatic carbocycles. The molecule has 0 aromatic rings. The number of unbranched alkanes of at least 4 members (excludes halogenated alkanes) is 9. The normalized spacial score (nSPS) is 15.2. The molecule has 0 aliphatic heterocycles. The summed E-state index contributed by atoms with van der Waals surface area (Å²) in [5, 5.41) is 13.2. The number of hydrogen-bond donors (Lipinski definition) is 2. The average molecular weight is 358 g/mol. The van der Waals surface area contributed by atoms with Gasteiger partial charge in [-0.25, -0.2) is 0 Å². The number of aliphatic hydroxyl groups excluding tert-OH is 1. The summed E-state index contributed by atoms with van der Waals surface area (Å²) < 4.78 is 5.83. The summed E-state index contributed by atoms with van der Waals surface area (Å²) in [5.41, 5.74) is 0. The maximum Gasteiger partial charge on any atom is 0.134 e. The van der Waals surface area contributed by atoms with Crippen LogP contribution in [0.1, 0.15) is 111 Å². The molecule has 2 N–H and O–H groups in total. The van der Waals surface area contributed by atoms with Crippen molar-refractivity contribution in [1.29, 1.82) is 0 Å². The monoisotopic (exact) mass is 357 g/mol. The summed E-state index contributed by atoms with van der Waals surface area (Å²) in [6.07, 6.45) is 16.4. The predicted molar refractivity (Wildman–Crippen MR) is 110 cm³/mol. The lowest BCUT2D eigenvalue weighted by atomic mass is 10.0. The highest BCUT2D eigenvalue weighted by molar-refractivity contribution is 4.63. The quantitative estimate of drug-likeness (QED) is 0.218. The maximum absolute atomic E-state index is 9.84. The summed E-state index contributed by atoms with van der Waals surface area (Å²) >= 11 is 0. The molecule has 0 radical (unpaired) electrons. The first-order chi connectivity index (χ1) is 12.1. The Morgan fingerprint density at radius 1 is 0.800 bits per heavy atom. The van der Waals surface area contributed by atoms with Crippen LogP contribution in [-0.2, 0) is 4.74 Å². The molecule has 3 nitrogen and oxygen atoms in total. The van der Waals surface area contributed by atoms with Crippen LogP contribution >= 0.6 is 0 Å². The van der Waals surface area contributed by atoms with Crippen LogP contribution in [0.4, 0.5) is 0 Å². The lowest BCUT2D eigenvalue weighted by Crippen LogP contribution is -2.41. The number of nitrogens with one attached hydrogen (secondary N) is 1. The second-order valence-electron chi connectivity index (χ2n) is 7.82. The van der Waals surface area contributed by atoms with Gasteiger partial charge in [0.1, 0.15) is 6.23 Å². The van der Waals surface area contributed by atoms with Gasteiger partial charge in [0.05, 0.1) is 6.10 Å². The first-order valence-electron chi connectivity index (χ1n) is 11.1. The minimum Gasteiger partial charge on any atom is -0.389 e. The van der Waals surface area contributed by atoms with Gasteiger partial charge in [-0.15, -0.1) is 0 Å². The second-order valence-corrected chi connectivity index (χ2v) is 7.82. The zero-order chi connectivity index (χ0) is 18.8. The topological polar surface area (TPSA) is 41.5 Å². The Morgan fingerprint density at radius 2 is 1.36 bits per heavy atom.